The number of ether oxygens (including phenoxy) is 1. The summed E-state index contributed by atoms with van der Waals surface area (Å²) in [7, 11) is -3.68. The van der Waals surface area contributed by atoms with Crippen LogP contribution in [0.4, 0.5) is 5.69 Å². The molecule has 1 N–H and O–H groups in total. The molecule has 0 bridgehead atoms. The molecule has 6 nitrogen and oxygen atoms in total. The van der Waals surface area contributed by atoms with E-state index in [1.54, 1.807) is 52.0 Å². The lowest BCUT2D eigenvalue weighted by Crippen LogP contribution is -2.42. The Morgan fingerprint density at radius 3 is 2.21 bits per heavy atom. The second kappa shape index (κ2) is 9.34. The highest BCUT2D eigenvalue weighted by Crippen LogP contribution is 2.29. The molecule has 0 aliphatic rings. The maximum Gasteiger partial charge on any atom is 0.268 e. The predicted octanol–water partition coefficient (Wildman–Crippen LogP) is 4.82. The Labute approximate surface area is 181 Å². The molecule has 0 fully saturated rings. The van der Waals surface area contributed by atoms with Gasteiger partial charge in [-0.25, -0.2) is 8.42 Å². The van der Waals surface area contributed by atoms with Crippen LogP contribution in [0.3, 0.4) is 0 Å². The molecular formula is C20H24Cl2N2O4S. The Morgan fingerprint density at radius 1 is 1.07 bits per heavy atom. The summed E-state index contributed by atoms with van der Waals surface area (Å²) in [5, 5.41) is 3.44. The fourth-order valence-corrected chi connectivity index (χ4v) is 4.37. The minimum atomic E-state index is -3.68. The number of nitrogens with zero attached hydrogens (tertiary/aromatic N) is 1. The van der Waals surface area contributed by atoms with Crippen molar-refractivity contribution >= 4 is 44.8 Å². The van der Waals surface area contributed by atoms with Crippen molar-refractivity contribution in [2.75, 3.05) is 18.4 Å². The van der Waals surface area contributed by atoms with E-state index < -0.39 is 21.5 Å². The van der Waals surface area contributed by atoms with Crippen LogP contribution < -0.4 is 10.1 Å². The number of anilines is 1. The third-order valence-electron chi connectivity index (χ3n) is 4.26. The lowest BCUT2D eigenvalue weighted by atomic mass is 10.1. The van der Waals surface area contributed by atoms with Gasteiger partial charge in [-0.2, -0.15) is 4.31 Å². The lowest BCUT2D eigenvalue weighted by molar-refractivity contribution is -0.128. The Balaban J connectivity index is 2.26. The molecule has 9 heteroatoms. The Kier molecular flexibility index (Phi) is 7.56. The third-order valence-corrected chi connectivity index (χ3v) is 6.89. The number of hydrogen-bond donors (Lipinski definition) is 1. The van der Waals surface area contributed by atoms with Crippen LogP contribution in [0.2, 0.25) is 10.0 Å². The van der Waals surface area contributed by atoms with Gasteiger partial charge in [-0.3, -0.25) is 4.79 Å². The van der Waals surface area contributed by atoms with Crippen LogP contribution >= 0.6 is 23.2 Å². The zero-order valence-corrected chi connectivity index (χ0v) is 19.0. The highest BCUT2D eigenvalue weighted by Gasteiger charge is 2.31. The van der Waals surface area contributed by atoms with Crippen LogP contribution in [0.15, 0.2) is 47.4 Å². The van der Waals surface area contributed by atoms with E-state index in [1.165, 1.54) is 22.5 Å². The average Bonchev–Trinajstić information content (AvgIpc) is 2.65. The largest absolute Gasteiger partial charge is 0.478 e. The zero-order chi connectivity index (χ0) is 21.8. The monoisotopic (exact) mass is 458 g/mol. The van der Waals surface area contributed by atoms with E-state index in [0.29, 0.717) is 23.9 Å². The second-order valence-corrected chi connectivity index (χ2v) is 9.53. The molecule has 158 valence electrons. The minimum Gasteiger partial charge on any atom is -0.478 e. The summed E-state index contributed by atoms with van der Waals surface area (Å²) >= 11 is 12.0. The quantitative estimate of drug-likeness (QED) is 0.614. The molecule has 0 heterocycles. The van der Waals surface area contributed by atoms with Crippen molar-refractivity contribution in [3.05, 3.63) is 52.5 Å². The van der Waals surface area contributed by atoms with Crippen LogP contribution in [-0.2, 0) is 14.8 Å². The van der Waals surface area contributed by atoms with E-state index in [2.05, 4.69) is 5.32 Å². The van der Waals surface area contributed by atoms with E-state index >= 15 is 0 Å². The molecule has 0 atom stereocenters. The van der Waals surface area contributed by atoms with Gasteiger partial charge in [-0.1, -0.05) is 37.0 Å². The van der Waals surface area contributed by atoms with E-state index in [1.807, 2.05) is 0 Å². The van der Waals surface area contributed by atoms with Crippen molar-refractivity contribution < 1.29 is 17.9 Å². The summed E-state index contributed by atoms with van der Waals surface area (Å²) in [6.45, 7) is 7.39. The Morgan fingerprint density at radius 2 is 1.66 bits per heavy atom. The normalized spacial score (nSPS) is 12.1. The third kappa shape index (κ3) is 5.63. The molecule has 0 radical (unpaired) electrons. The summed E-state index contributed by atoms with van der Waals surface area (Å²) in [6.07, 6.45) is 0. The van der Waals surface area contributed by atoms with Gasteiger partial charge in [-0.05, 0) is 56.3 Å². The number of sulfonamides is 1. The first-order valence-corrected chi connectivity index (χ1v) is 11.3. The fraction of sp³-hybridized carbons (Fsp3) is 0.350. The lowest BCUT2D eigenvalue weighted by Gasteiger charge is -2.26. The van der Waals surface area contributed by atoms with Crippen LogP contribution in [-0.4, -0.2) is 37.3 Å². The molecule has 1 amide bonds. The van der Waals surface area contributed by atoms with Gasteiger partial charge in [0, 0.05) is 18.1 Å². The van der Waals surface area contributed by atoms with Gasteiger partial charge in [0.1, 0.15) is 5.75 Å². The number of hydrogen-bond acceptors (Lipinski definition) is 4. The standard InChI is InChI=1S/C20H24Cl2N2O4S/c1-5-24(6-2)29(26,27)16-11-12-17(22)18(13-16)23-19(25)20(3,4)28-15-9-7-14(21)8-10-15/h7-13H,5-6H2,1-4H3,(H,23,25). The van der Waals surface area contributed by atoms with Crippen molar-refractivity contribution in [3.63, 3.8) is 0 Å². The summed E-state index contributed by atoms with van der Waals surface area (Å²) < 4.78 is 32.6. The molecule has 0 spiro atoms. The van der Waals surface area contributed by atoms with Gasteiger partial charge in [0.25, 0.3) is 5.91 Å². The number of amides is 1. The Hall–Kier alpha value is -1.80. The van der Waals surface area contributed by atoms with Crippen LogP contribution in [0.25, 0.3) is 0 Å². The number of nitrogens with one attached hydrogen (secondary N) is 1. The molecule has 2 aromatic carbocycles. The number of halogens is 2. The second-order valence-electron chi connectivity index (χ2n) is 6.75. The number of carbonyl (C=O) groups is 1. The summed E-state index contributed by atoms with van der Waals surface area (Å²) in [6, 6.07) is 10.8. The number of rotatable bonds is 8. The van der Waals surface area contributed by atoms with Crippen molar-refractivity contribution in [1.82, 2.24) is 4.31 Å². The van der Waals surface area contributed by atoms with Gasteiger partial charge in [-0.15, -0.1) is 0 Å². The maximum atomic E-state index is 12.8. The van der Waals surface area contributed by atoms with Gasteiger partial charge in [0.05, 0.1) is 15.6 Å². The van der Waals surface area contributed by atoms with Crippen molar-refractivity contribution in [3.8, 4) is 5.75 Å². The predicted molar refractivity (Wildman–Crippen MR) is 116 cm³/mol. The van der Waals surface area contributed by atoms with E-state index in [4.69, 9.17) is 27.9 Å². The fourth-order valence-electron chi connectivity index (χ4n) is 2.59. The van der Waals surface area contributed by atoms with Crippen molar-refractivity contribution in [1.29, 1.82) is 0 Å². The molecular weight excluding hydrogens is 435 g/mol. The molecule has 29 heavy (non-hydrogen) atoms. The number of benzene rings is 2. The van der Waals surface area contributed by atoms with Crippen molar-refractivity contribution in [2.45, 2.75) is 38.2 Å². The van der Waals surface area contributed by atoms with Gasteiger partial charge in [0.15, 0.2) is 5.60 Å². The molecule has 0 aliphatic carbocycles. The molecule has 0 saturated heterocycles. The topological polar surface area (TPSA) is 75.7 Å². The number of carbonyl (C=O) groups excluding carboxylic acids is 1. The van der Waals surface area contributed by atoms with E-state index in [9.17, 15) is 13.2 Å². The van der Waals surface area contributed by atoms with Gasteiger partial charge in [0.2, 0.25) is 10.0 Å². The average molecular weight is 459 g/mol. The summed E-state index contributed by atoms with van der Waals surface area (Å²) in [5.41, 5.74) is -1.05. The van der Waals surface area contributed by atoms with E-state index in [-0.39, 0.29) is 15.6 Å². The Bertz CT molecular complexity index is 972. The molecule has 0 aliphatic heterocycles. The summed E-state index contributed by atoms with van der Waals surface area (Å²) in [5.74, 6) is -0.00903. The SMILES string of the molecule is CCN(CC)S(=O)(=O)c1ccc(Cl)c(NC(=O)C(C)(C)Oc2ccc(Cl)cc2)c1. The van der Waals surface area contributed by atoms with E-state index in [0.717, 1.165) is 0 Å². The van der Waals surface area contributed by atoms with Gasteiger partial charge < -0.3 is 10.1 Å². The van der Waals surface area contributed by atoms with Crippen LogP contribution in [0, 0.1) is 0 Å². The highest BCUT2D eigenvalue weighted by atomic mass is 35.5. The van der Waals surface area contributed by atoms with Crippen molar-refractivity contribution in [2.24, 2.45) is 0 Å². The first kappa shape index (κ1) is 23.5. The first-order valence-electron chi connectivity index (χ1n) is 9.07. The first-order chi connectivity index (χ1) is 13.5. The highest BCUT2D eigenvalue weighted by molar-refractivity contribution is 7.89. The zero-order valence-electron chi connectivity index (χ0n) is 16.7. The van der Waals surface area contributed by atoms with Crippen LogP contribution in [0.1, 0.15) is 27.7 Å². The maximum absolute atomic E-state index is 12.8. The molecule has 2 rings (SSSR count). The molecule has 2 aromatic rings. The smallest absolute Gasteiger partial charge is 0.268 e. The molecule has 0 aromatic heterocycles. The summed E-state index contributed by atoms with van der Waals surface area (Å²) in [4.78, 5) is 12.8. The molecule has 0 unspecified atom stereocenters. The van der Waals surface area contributed by atoms with Gasteiger partial charge >= 0.3 is 0 Å². The minimum absolute atomic E-state index is 0.0531. The molecule has 0 saturated carbocycles. The van der Waals surface area contributed by atoms with Crippen LogP contribution in [0.5, 0.6) is 5.75 Å².